The largest absolute Gasteiger partial charge is 0.492 e. The smallest absolute Gasteiger partial charge is 0.264 e. The SMILES string of the molecule is CCCNC(=O)C(CC)N(Cc1ccc(Cl)c(Cl)c1)C(=O)CN(c1ccccc1OCC)S(=O)(=O)c1ccc(C)cc1. The lowest BCUT2D eigenvalue weighted by atomic mass is 10.1. The van der Waals surface area contributed by atoms with Crippen LogP contribution >= 0.6 is 23.2 Å². The highest BCUT2D eigenvalue weighted by molar-refractivity contribution is 7.92. The van der Waals surface area contributed by atoms with Crippen LogP contribution in [0.3, 0.4) is 0 Å². The van der Waals surface area contributed by atoms with E-state index in [-0.39, 0.29) is 23.0 Å². The number of amides is 2. The van der Waals surface area contributed by atoms with Crippen molar-refractivity contribution in [1.82, 2.24) is 10.2 Å². The van der Waals surface area contributed by atoms with E-state index in [9.17, 15) is 18.0 Å². The average molecular weight is 635 g/mol. The van der Waals surface area contributed by atoms with Crippen LogP contribution in [0.5, 0.6) is 5.75 Å². The van der Waals surface area contributed by atoms with Gasteiger partial charge in [-0.1, -0.05) is 72.9 Å². The minimum atomic E-state index is -4.23. The van der Waals surface area contributed by atoms with Gasteiger partial charge in [0.25, 0.3) is 10.0 Å². The van der Waals surface area contributed by atoms with E-state index in [4.69, 9.17) is 27.9 Å². The first-order valence-corrected chi connectivity index (χ1v) is 16.0. The third-order valence-corrected chi connectivity index (χ3v) is 9.11. The predicted octanol–water partition coefficient (Wildman–Crippen LogP) is 6.23. The number of ether oxygens (including phenoxy) is 1. The van der Waals surface area contributed by atoms with Gasteiger partial charge in [0.15, 0.2) is 0 Å². The number of para-hydroxylation sites is 2. The fourth-order valence-electron chi connectivity index (χ4n) is 4.41. The van der Waals surface area contributed by atoms with Crippen LogP contribution in [0.25, 0.3) is 0 Å². The Balaban J connectivity index is 2.11. The van der Waals surface area contributed by atoms with Crippen molar-refractivity contribution in [2.75, 3.05) is 24.0 Å². The fourth-order valence-corrected chi connectivity index (χ4v) is 6.16. The highest BCUT2D eigenvalue weighted by atomic mass is 35.5. The van der Waals surface area contributed by atoms with Gasteiger partial charge < -0.3 is 15.0 Å². The van der Waals surface area contributed by atoms with Gasteiger partial charge in [0.05, 0.1) is 27.2 Å². The molecule has 8 nitrogen and oxygen atoms in total. The van der Waals surface area contributed by atoms with Crippen LogP contribution in [0.2, 0.25) is 10.0 Å². The van der Waals surface area contributed by atoms with Crippen LogP contribution in [0.1, 0.15) is 44.7 Å². The molecule has 1 N–H and O–H groups in total. The number of hydrogen-bond donors (Lipinski definition) is 1. The topological polar surface area (TPSA) is 96.0 Å². The summed E-state index contributed by atoms with van der Waals surface area (Å²) in [7, 11) is -4.23. The number of benzene rings is 3. The van der Waals surface area contributed by atoms with Crippen molar-refractivity contribution in [1.29, 1.82) is 0 Å². The van der Waals surface area contributed by atoms with Gasteiger partial charge >= 0.3 is 0 Å². The Morgan fingerprint density at radius 3 is 2.26 bits per heavy atom. The zero-order valence-electron chi connectivity index (χ0n) is 24.3. The van der Waals surface area contributed by atoms with Crippen LogP contribution < -0.4 is 14.4 Å². The van der Waals surface area contributed by atoms with Gasteiger partial charge in [-0.3, -0.25) is 13.9 Å². The molecule has 1 atom stereocenters. The van der Waals surface area contributed by atoms with E-state index < -0.39 is 28.5 Å². The number of nitrogens with zero attached hydrogens (tertiary/aromatic N) is 2. The number of anilines is 1. The molecule has 0 aliphatic carbocycles. The molecule has 3 aromatic rings. The number of rotatable bonds is 14. The number of halogens is 2. The maximum absolute atomic E-state index is 14.2. The van der Waals surface area contributed by atoms with Gasteiger partial charge in [-0.25, -0.2) is 8.42 Å². The molecule has 0 aromatic heterocycles. The van der Waals surface area contributed by atoms with Gasteiger partial charge in [-0.2, -0.15) is 0 Å². The van der Waals surface area contributed by atoms with Crippen LogP contribution in [-0.4, -0.2) is 50.9 Å². The standard InChI is InChI=1S/C31H37Cl2N3O5S/c1-5-18-34-31(38)27(6-2)35(20-23-14-17-25(32)26(33)19-23)30(37)21-36(28-10-8-9-11-29(28)41-7-3)42(39,40)24-15-12-22(4)13-16-24/h8-17,19,27H,5-7,18,20-21H2,1-4H3,(H,34,38). The van der Waals surface area contributed by atoms with Crippen LogP contribution in [0.4, 0.5) is 5.69 Å². The summed E-state index contributed by atoms with van der Waals surface area (Å²) in [5.41, 5.74) is 1.75. The molecule has 2 amide bonds. The highest BCUT2D eigenvalue weighted by Crippen LogP contribution is 2.33. The summed E-state index contributed by atoms with van der Waals surface area (Å²) in [5, 5.41) is 3.53. The molecule has 0 aliphatic heterocycles. The normalized spacial score (nSPS) is 12.0. The Hall–Kier alpha value is -3.27. The molecule has 3 rings (SSSR count). The zero-order chi connectivity index (χ0) is 30.9. The second-order valence-corrected chi connectivity index (χ2v) is 12.4. The fraction of sp³-hybridized carbons (Fsp3) is 0.355. The second-order valence-electron chi connectivity index (χ2n) is 9.71. The number of aryl methyl sites for hydroxylation is 1. The molecule has 0 bridgehead atoms. The lowest BCUT2D eigenvalue weighted by molar-refractivity contribution is -0.140. The van der Waals surface area contributed by atoms with E-state index >= 15 is 0 Å². The van der Waals surface area contributed by atoms with Gasteiger partial charge in [0, 0.05) is 13.1 Å². The van der Waals surface area contributed by atoms with E-state index in [0.29, 0.717) is 40.9 Å². The number of nitrogens with one attached hydrogen (secondary N) is 1. The summed E-state index contributed by atoms with van der Waals surface area (Å²) < 4.78 is 35.0. The molecular weight excluding hydrogens is 597 g/mol. The quantitative estimate of drug-likeness (QED) is 0.227. The lowest BCUT2D eigenvalue weighted by Gasteiger charge is -2.33. The van der Waals surface area contributed by atoms with Gasteiger partial charge in [-0.15, -0.1) is 0 Å². The maximum Gasteiger partial charge on any atom is 0.264 e. The monoisotopic (exact) mass is 633 g/mol. The van der Waals surface area contributed by atoms with Crippen LogP contribution in [-0.2, 0) is 26.2 Å². The summed E-state index contributed by atoms with van der Waals surface area (Å²) in [6, 6.07) is 17.2. The van der Waals surface area contributed by atoms with Crippen molar-refractivity contribution in [2.24, 2.45) is 0 Å². The molecule has 0 spiro atoms. The van der Waals surface area contributed by atoms with Crippen LogP contribution in [0.15, 0.2) is 71.6 Å². The molecule has 3 aromatic carbocycles. The molecule has 1 unspecified atom stereocenters. The third-order valence-electron chi connectivity index (χ3n) is 6.59. The maximum atomic E-state index is 14.2. The van der Waals surface area contributed by atoms with E-state index in [1.54, 1.807) is 68.4 Å². The number of sulfonamides is 1. The molecule has 0 fully saturated rings. The molecule has 0 aliphatic rings. The molecular formula is C31H37Cl2N3O5S. The predicted molar refractivity (Wildman–Crippen MR) is 168 cm³/mol. The Morgan fingerprint density at radius 1 is 0.952 bits per heavy atom. The van der Waals surface area contributed by atoms with E-state index in [1.165, 1.54) is 17.0 Å². The molecule has 11 heteroatoms. The Morgan fingerprint density at radius 2 is 1.64 bits per heavy atom. The molecule has 42 heavy (non-hydrogen) atoms. The van der Waals surface area contributed by atoms with E-state index in [2.05, 4.69) is 5.32 Å². The summed E-state index contributed by atoms with van der Waals surface area (Å²) in [6.07, 6.45) is 1.03. The number of carbonyl (C=O) groups is 2. The van der Waals surface area contributed by atoms with Crippen molar-refractivity contribution >= 4 is 50.7 Å². The number of hydrogen-bond acceptors (Lipinski definition) is 5. The highest BCUT2D eigenvalue weighted by Gasteiger charge is 2.34. The van der Waals surface area contributed by atoms with Gasteiger partial charge in [0.2, 0.25) is 11.8 Å². The van der Waals surface area contributed by atoms with Crippen molar-refractivity contribution in [3.8, 4) is 5.75 Å². The molecule has 0 radical (unpaired) electrons. The minimum absolute atomic E-state index is 0.0132. The van der Waals surface area contributed by atoms with Crippen molar-refractivity contribution in [3.05, 3.63) is 87.9 Å². The minimum Gasteiger partial charge on any atom is -0.492 e. The molecule has 0 saturated carbocycles. The van der Waals surface area contributed by atoms with Crippen molar-refractivity contribution in [2.45, 2.75) is 58.0 Å². The molecule has 0 saturated heterocycles. The van der Waals surface area contributed by atoms with Crippen LogP contribution in [0, 0.1) is 6.92 Å². The van der Waals surface area contributed by atoms with E-state index in [0.717, 1.165) is 16.3 Å². The molecule has 226 valence electrons. The number of carbonyl (C=O) groups excluding carboxylic acids is 2. The Labute approximate surface area is 258 Å². The first kappa shape index (κ1) is 33.2. The summed E-state index contributed by atoms with van der Waals surface area (Å²) in [6.45, 7) is 7.57. The van der Waals surface area contributed by atoms with Gasteiger partial charge in [0.1, 0.15) is 18.3 Å². The first-order valence-electron chi connectivity index (χ1n) is 13.9. The summed E-state index contributed by atoms with van der Waals surface area (Å²) in [4.78, 5) is 28.9. The average Bonchev–Trinajstić information content (AvgIpc) is 2.97. The summed E-state index contributed by atoms with van der Waals surface area (Å²) in [5.74, 6) is -0.579. The second kappa shape index (κ2) is 15.3. The van der Waals surface area contributed by atoms with Crippen molar-refractivity contribution < 1.29 is 22.7 Å². The van der Waals surface area contributed by atoms with E-state index in [1.807, 2.05) is 13.8 Å². The molecule has 0 heterocycles. The first-order chi connectivity index (χ1) is 20.0. The third kappa shape index (κ3) is 8.18. The Kier molecular flexibility index (Phi) is 12.1. The lowest BCUT2D eigenvalue weighted by Crippen LogP contribution is -2.52. The van der Waals surface area contributed by atoms with Gasteiger partial charge in [-0.05, 0) is 68.7 Å². The zero-order valence-corrected chi connectivity index (χ0v) is 26.6. The van der Waals surface area contributed by atoms with Crippen molar-refractivity contribution in [3.63, 3.8) is 0 Å². The summed E-state index contributed by atoms with van der Waals surface area (Å²) >= 11 is 12.4. The Bertz CT molecular complexity index is 1480.